The number of imidazole rings is 1. The third-order valence-corrected chi connectivity index (χ3v) is 3.79. The Labute approximate surface area is 96.8 Å². The Balaban J connectivity index is 2.58. The fraction of sp³-hybridized carbons (Fsp3) is 0.727. The zero-order valence-corrected chi connectivity index (χ0v) is 10.5. The van der Waals surface area contributed by atoms with Gasteiger partial charge in [-0.25, -0.2) is 4.98 Å². The van der Waals surface area contributed by atoms with Crippen LogP contribution in [-0.4, -0.2) is 22.0 Å². The monoisotopic (exact) mass is 229 g/mol. The molecule has 0 radical (unpaired) electrons. The summed E-state index contributed by atoms with van der Waals surface area (Å²) in [6.07, 6.45) is 5.90. The fourth-order valence-electron chi connectivity index (χ4n) is 1.54. The summed E-state index contributed by atoms with van der Waals surface area (Å²) in [5.41, 5.74) is 0.188. The van der Waals surface area contributed by atoms with Crippen molar-refractivity contribution in [2.24, 2.45) is 12.5 Å². The molecular formula is C11H20ClN3. The lowest BCUT2D eigenvalue weighted by atomic mass is 9.84. The van der Waals surface area contributed by atoms with E-state index in [4.69, 9.17) is 11.6 Å². The van der Waals surface area contributed by atoms with Crippen LogP contribution in [0.15, 0.2) is 12.4 Å². The number of hydrogen-bond donors (Lipinski definition) is 1. The lowest BCUT2D eigenvalue weighted by Gasteiger charge is -2.29. The van der Waals surface area contributed by atoms with Gasteiger partial charge in [0.25, 0.3) is 0 Å². The normalized spacial score (nSPS) is 11.7. The number of nitrogens with zero attached hydrogens (tertiary/aromatic N) is 2. The fourth-order valence-corrected chi connectivity index (χ4v) is 2.01. The molecule has 1 aromatic heterocycles. The van der Waals surface area contributed by atoms with E-state index >= 15 is 0 Å². The summed E-state index contributed by atoms with van der Waals surface area (Å²) in [4.78, 5) is 4.23. The second kappa shape index (κ2) is 5.40. The van der Waals surface area contributed by atoms with E-state index in [1.54, 1.807) is 6.20 Å². The van der Waals surface area contributed by atoms with Gasteiger partial charge in [0.2, 0.25) is 5.95 Å². The average Bonchev–Trinajstić information content (AvgIpc) is 2.67. The zero-order chi connectivity index (χ0) is 11.3. The molecule has 0 saturated heterocycles. The highest BCUT2D eigenvalue weighted by atomic mass is 35.5. The quantitative estimate of drug-likeness (QED) is 0.761. The van der Waals surface area contributed by atoms with Crippen LogP contribution in [0.5, 0.6) is 0 Å². The molecule has 1 heterocycles. The van der Waals surface area contributed by atoms with Crippen LogP contribution in [0.4, 0.5) is 5.95 Å². The van der Waals surface area contributed by atoms with E-state index in [0.29, 0.717) is 5.88 Å². The molecule has 0 amide bonds. The molecule has 1 aromatic rings. The first-order chi connectivity index (χ1) is 7.17. The second-order valence-corrected chi connectivity index (χ2v) is 4.32. The predicted molar refractivity (Wildman–Crippen MR) is 65.4 cm³/mol. The minimum Gasteiger partial charge on any atom is -0.355 e. The topological polar surface area (TPSA) is 29.9 Å². The van der Waals surface area contributed by atoms with Gasteiger partial charge >= 0.3 is 0 Å². The molecule has 1 N–H and O–H groups in total. The van der Waals surface area contributed by atoms with Crippen molar-refractivity contribution in [2.75, 3.05) is 17.7 Å². The third kappa shape index (κ3) is 2.88. The van der Waals surface area contributed by atoms with Crippen LogP contribution in [0.1, 0.15) is 26.7 Å². The first kappa shape index (κ1) is 12.4. The van der Waals surface area contributed by atoms with Crippen molar-refractivity contribution in [1.29, 1.82) is 0 Å². The Morgan fingerprint density at radius 2 is 2.13 bits per heavy atom. The maximum absolute atomic E-state index is 6.04. The van der Waals surface area contributed by atoms with Gasteiger partial charge in [0.05, 0.1) is 0 Å². The van der Waals surface area contributed by atoms with E-state index in [2.05, 4.69) is 24.1 Å². The molecule has 15 heavy (non-hydrogen) atoms. The lowest BCUT2D eigenvalue weighted by Crippen LogP contribution is -2.31. The minimum atomic E-state index is 0.188. The molecule has 0 bridgehead atoms. The first-order valence-electron chi connectivity index (χ1n) is 5.44. The summed E-state index contributed by atoms with van der Waals surface area (Å²) < 4.78 is 1.98. The van der Waals surface area contributed by atoms with Crippen LogP contribution in [0, 0.1) is 5.41 Å². The third-order valence-electron chi connectivity index (χ3n) is 3.23. The van der Waals surface area contributed by atoms with Crippen molar-refractivity contribution >= 4 is 17.5 Å². The van der Waals surface area contributed by atoms with Crippen molar-refractivity contribution in [1.82, 2.24) is 9.55 Å². The zero-order valence-electron chi connectivity index (χ0n) is 9.76. The minimum absolute atomic E-state index is 0.188. The largest absolute Gasteiger partial charge is 0.355 e. The van der Waals surface area contributed by atoms with Crippen molar-refractivity contribution in [2.45, 2.75) is 26.7 Å². The van der Waals surface area contributed by atoms with Crippen molar-refractivity contribution in [3.63, 3.8) is 0 Å². The second-order valence-electron chi connectivity index (χ2n) is 4.06. The van der Waals surface area contributed by atoms with Crippen LogP contribution >= 0.6 is 11.6 Å². The summed E-state index contributed by atoms with van der Waals surface area (Å²) in [6, 6.07) is 0. The standard InChI is InChI=1S/C11H20ClN3/c1-4-11(5-2,8-12)9-14-10-13-6-7-15(10)3/h6-7H,4-5,8-9H2,1-3H3,(H,13,14). The van der Waals surface area contributed by atoms with Gasteiger partial charge in [-0.2, -0.15) is 0 Å². The maximum atomic E-state index is 6.04. The first-order valence-corrected chi connectivity index (χ1v) is 5.98. The molecule has 0 saturated carbocycles. The Kier molecular flexibility index (Phi) is 4.45. The summed E-state index contributed by atoms with van der Waals surface area (Å²) >= 11 is 6.04. The van der Waals surface area contributed by atoms with Crippen LogP contribution < -0.4 is 5.32 Å². The number of rotatable bonds is 6. The number of alkyl halides is 1. The summed E-state index contributed by atoms with van der Waals surface area (Å²) in [5, 5.41) is 3.35. The Bertz CT molecular complexity index is 284. The van der Waals surface area contributed by atoms with Crippen molar-refractivity contribution < 1.29 is 0 Å². The molecule has 0 unspecified atom stereocenters. The van der Waals surface area contributed by atoms with Crippen molar-refractivity contribution in [3.8, 4) is 0 Å². The number of aromatic nitrogens is 2. The van der Waals surface area contributed by atoms with E-state index < -0.39 is 0 Å². The molecule has 86 valence electrons. The maximum Gasteiger partial charge on any atom is 0.202 e. The molecule has 0 aliphatic rings. The van der Waals surface area contributed by atoms with E-state index in [1.165, 1.54) is 0 Å². The van der Waals surface area contributed by atoms with Gasteiger partial charge in [-0.15, -0.1) is 11.6 Å². The Hall–Kier alpha value is -0.700. The van der Waals surface area contributed by atoms with E-state index in [9.17, 15) is 0 Å². The average molecular weight is 230 g/mol. The Morgan fingerprint density at radius 1 is 1.47 bits per heavy atom. The molecule has 0 spiro atoms. The Morgan fingerprint density at radius 3 is 2.53 bits per heavy atom. The highest BCUT2D eigenvalue weighted by Gasteiger charge is 2.25. The van der Waals surface area contributed by atoms with E-state index in [-0.39, 0.29) is 5.41 Å². The van der Waals surface area contributed by atoms with Gasteiger partial charge in [-0.3, -0.25) is 0 Å². The number of aryl methyl sites for hydroxylation is 1. The molecule has 0 fully saturated rings. The molecule has 0 aliphatic carbocycles. The van der Waals surface area contributed by atoms with Gasteiger partial charge in [0.15, 0.2) is 0 Å². The molecule has 0 aliphatic heterocycles. The molecule has 0 aromatic carbocycles. The number of hydrogen-bond acceptors (Lipinski definition) is 2. The highest BCUT2D eigenvalue weighted by Crippen LogP contribution is 2.28. The summed E-state index contributed by atoms with van der Waals surface area (Å²) in [5.74, 6) is 1.60. The smallest absolute Gasteiger partial charge is 0.202 e. The SMILES string of the molecule is CCC(CC)(CCl)CNc1nccn1C. The van der Waals surface area contributed by atoms with E-state index in [1.807, 2.05) is 17.8 Å². The van der Waals surface area contributed by atoms with Gasteiger partial charge < -0.3 is 9.88 Å². The number of anilines is 1. The van der Waals surface area contributed by atoms with Gasteiger partial charge in [0.1, 0.15) is 0 Å². The molecular weight excluding hydrogens is 210 g/mol. The molecule has 4 heteroatoms. The molecule has 1 rings (SSSR count). The molecule has 3 nitrogen and oxygen atoms in total. The van der Waals surface area contributed by atoms with Crippen molar-refractivity contribution in [3.05, 3.63) is 12.4 Å². The van der Waals surface area contributed by atoms with Crippen LogP contribution in [0.2, 0.25) is 0 Å². The predicted octanol–water partition coefficient (Wildman–Crippen LogP) is 2.88. The van der Waals surface area contributed by atoms with Crippen LogP contribution in [-0.2, 0) is 7.05 Å². The van der Waals surface area contributed by atoms with Gasteiger partial charge in [-0.05, 0) is 12.8 Å². The molecule has 0 atom stereocenters. The number of halogens is 1. The lowest BCUT2D eigenvalue weighted by molar-refractivity contribution is 0.326. The summed E-state index contributed by atoms with van der Waals surface area (Å²) in [6.45, 7) is 5.26. The van der Waals surface area contributed by atoms with Crippen LogP contribution in [0.3, 0.4) is 0 Å². The number of nitrogens with one attached hydrogen (secondary N) is 1. The van der Waals surface area contributed by atoms with E-state index in [0.717, 1.165) is 25.3 Å². The van der Waals surface area contributed by atoms with Gasteiger partial charge in [0, 0.05) is 37.3 Å². The van der Waals surface area contributed by atoms with Gasteiger partial charge in [-0.1, -0.05) is 13.8 Å². The van der Waals surface area contributed by atoms with Crippen LogP contribution in [0.25, 0.3) is 0 Å². The highest BCUT2D eigenvalue weighted by molar-refractivity contribution is 6.18. The summed E-state index contributed by atoms with van der Waals surface area (Å²) in [7, 11) is 1.98.